The predicted octanol–water partition coefficient (Wildman–Crippen LogP) is 5.93. The third-order valence-corrected chi connectivity index (χ3v) is 5.26. The van der Waals surface area contributed by atoms with Crippen LogP contribution in [0, 0.1) is 24.6 Å². The normalized spacial score (nSPS) is 24.8. The fourth-order valence-electron chi connectivity index (χ4n) is 3.85. The zero-order chi connectivity index (χ0) is 15.7. The van der Waals surface area contributed by atoms with Gasteiger partial charge in [-0.2, -0.15) is 0 Å². The average Bonchev–Trinajstić information content (AvgIpc) is 2.84. The molecule has 1 saturated carbocycles. The van der Waals surface area contributed by atoms with E-state index in [0.717, 1.165) is 35.8 Å². The number of hydrogen-bond acceptors (Lipinski definition) is 0. The molecule has 22 heavy (non-hydrogen) atoms. The van der Waals surface area contributed by atoms with Crippen molar-refractivity contribution in [2.45, 2.75) is 46.5 Å². The fraction of sp³-hybridized carbons (Fsp3) is 0.429. The molecule has 0 saturated heterocycles. The molecule has 0 spiro atoms. The first-order chi connectivity index (χ1) is 10.6. The van der Waals surface area contributed by atoms with Crippen molar-refractivity contribution in [3.8, 4) is 0 Å². The SMILES string of the molecule is C/C=C\C1=C(Cc2ccc(C)c(F)c2)C=C2CCC(C)C2C1. The van der Waals surface area contributed by atoms with E-state index in [4.69, 9.17) is 0 Å². The highest BCUT2D eigenvalue weighted by molar-refractivity contribution is 5.44. The van der Waals surface area contributed by atoms with Gasteiger partial charge in [0.2, 0.25) is 0 Å². The maximum absolute atomic E-state index is 13.8. The number of allylic oxidation sites excluding steroid dienone is 6. The standard InChI is InChI=1S/C21H25F/c1-4-5-17-13-20-14(2)7-9-18(20)12-19(17)10-16-8-6-15(3)21(22)11-16/h4-6,8,11-12,14,20H,7,9-10,13H2,1-3H3/b5-4-. The maximum Gasteiger partial charge on any atom is 0.126 e. The molecule has 2 unspecified atom stereocenters. The number of hydrogen-bond donors (Lipinski definition) is 0. The second-order valence-corrected chi connectivity index (χ2v) is 6.86. The van der Waals surface area contributed by atoms with E-state index in [1.165, 1.54) is 24.0 Å². The third kappa shape index (κ3) is 2.95. The molecule has 2 aliphatic rings. The van der Waals surface area contributed by atoms with Crippen molar-refractivity contribution in [2.24, 2.45) is 11.8 Å². The summed E-state index contributed by atoms with van der Waals surface area (Å²) in [6.45, 7) is 6.27. The van der Waals surface area contributed by atoms with Gasteiger partial charge in [0, 0.05) is 0 Å². The smallest absolute Gasteiger partial charge is 0.126 e. The molecule has 1 fully saturated rings. The molecule has 2 aliphatic carbocycles. The lowest BCUT2D eigenvalue weighted by Crippen LogP contribution is -2.12. The molecule has 3 rings (SSSR count). The Morgan fingerprint density at radius 1 is 1.32 bits per heavy atom. The van der Waals surface area contributed by atoms with Crippen LogP contribution in [-0.4, -0.2) is 0 Å². The van der Waals surface area contributed by atoms with Gasteiger partial charge in [-0.15, -0.1) is 0 Å². The van der Waals surface area contributed by atoms with E-state index in [9.17, 15) is 4.39 Å². The first-order valence-electron chi connectivity index (χ1n) is 8.38. The van der Waals surface area contributed by atoms with Gasteiger partial charge in [-0.05, 0) is 79.7 Å². The first kappa shape index (κ1) is 15.3. The molecule has 2 atom stereocenters. The van der Waals surface area contributed by atoms with E-state index in [2.05, 4.69) is 38.1 Å². The molecule has 0 radical (unpaired) electrons. The molecule has 0 aliphatic heterocycles. The summed E-state index contributed by atoms with van der Waals surface area (Å²) in [6.07, 6.45) is 11.3. The van der Waals surface area contributed by atoms with E-state index in [-0.39, 0.29) is 5.82 Å². The van der Waals surface area contributed by atoms with Crippen LogP contribution >= 0.6 is 0 Å². The molecule has 0 heterocycles. The van der Waals surface area contributed by atoms with Crippen LogP contribution in [0.5, 0.6) is 0 Å². The molecule has 0 nitrogen and oxygen atoms in total. The molecule has 0 bridgehead atoms. The monoisotopic (exact) mass is 296 g/mol. The van der Waals surface area contributed by atoms with Crippen LogP contribution in [0.4, 0.5) is 4.39 Å². The van der Waals surface area contributed by atoms with Crippen LogP contribution < -0.4 is 0 Å². The Labute approximate surface area is 133 Å². The van der Waals surface area contributed by atoms with Crippen molar-refractivity contribution in [3.05, 3.63) is 70.1 Å². The van der Waals surface area contributed by atoms with Crippen LogP contribution in [0.1, 0.15) is 44.2 Å². The molecule has 1 heteroatoms. The van der Waals surface area contributed by atoms with Crippen molar-refractivity contribution >= 4 is 0 Å². The molecule has 0 N–H and O–H groups in total. The Balaban J connectivity index is 1.91. The first-order valence-corrected chi connectivity index (χ1v) is 8.38. The summed E-state index contributed by atoms with van der Waals surface area (Å²) in [5.74, 6) is 1.43. The molecule has 116 valence electrons. The van der Waals surface area contributed by atoms with Crippen LogP contribution in [0.15, 0.2) is 53.1 Å². The van der Waals surface area contributed by atoms with E-state index in [1.807, 2.05) is 13.0 Å². The summed E-state index contributed by atoms with van der Waals surface area (Å²) in [5, 5.41) is 0. The predicted molar refractivity (Wildman–Crippen MR) is 91.3 cm³/mol. The van der Waals surface area contributed by atoms with Gasteiger partial charge >= 0.3 is 0 Å². The van der Waals surface area contributed by atoms with Gasteiger partial charge in [-0.3, -0.25) is 0 Å². The van der Waals surface area contributed by atoms with Crippen molar-refractivity contribution in [3.63, 3.8) is 0 Å². The van der Waals surface area contributed by atoms with Crippen LogP contribution in [0.2, 0.25) is 0 Å². The summed E-state index contributed by atoms with van der Waals surface area (Å²) >= 11 is 0. The van der Waals surface area contributed by atoms with Crippen molar-refractivity contribution in [1.82, 2.24) is 0 Å². The van der Waals surface area contributed by atoms with E-state index < -0.39 is 0 Å². The minimum absolute atomic E-state index is 0.0958. The van der Waals surface area contributed by atoms with Gasteiger partial charge < -0.3 is 0 Å². The van der Waals surface area contributed by atoms with Gasteiger partial charge in [0.15, 0.2) is 0 Å². The molecular weight excluding hydrogens is 271 g/mol. The molecule has 1 aromatic carbocycles. The van der Waals surface area contributed by atoms with E-state index in [1.54, 1.807) is 11.6 Å². The minimum atomic E-state index is -0.0958. The molecule has 1 aromatic rings. The Morgan fingerprint density at radius 2 is 2.14 bits per heavy atom. The molecule has 0 amide bonds. The van der Waals surface area contributed by atoms with Gasteiger partial charge in [0.1, 0.15) is 5.82 Å². The number of aryl methyl sites for hydroxylation is 1. The van der Waals surface area contributed by atoms with E-state index >= 15 is 0 Å². The maximum atomic E-state index is 13.8. The largest absolute Gasteiger partial charge is 0.207 e. The molecular formula is C21H25F. The number of benzene rings is 1. The van der Waals surface area contributed by atoms with Gasteiger partial charge in [0.05, 0.1) is 0 Å². The summed E-state index contributed by atoms with van der Waals surface area (Å²) < 4.78 is 13.8. The van der Waals surface area contributed by atoms with E-state index in [0.29, 0.717) is 0 Å². The second kappa shape index (κ2) is 6.24. The number of halogens is 1. The lowest BCUT2D eigenvalue weighted by molar-refractivity contribution is 0.453. The van der Waals surface area contributed by atoms with Crippen LogP contribution in [0.3, 0.4) is 0 Å². The summed E-state index contributed by atoms with van der Waals surface area (Å²) in [6, 6.07) is 5.63. The Bertz CT molecular complexity index is 660. The average molecular weight is 296 g/mol. The zero-order valence-electron chi connectivity index (χ0n) is 13.8. The van der Waals surface area contributed by atoms with Gasteiger partial charge in [0.25, 0.3) is 0 Å². The highest BCUT2D eigenvalue weighted by atomic mass is 19.1. The van der Waals surface area contributed by atoms with Crippen LogP contribution in [0.25, 0.3) is 0 Å². The Hall–Kier alpha value is -1.63. The van der Waals surface area contributed by atoms with Crippen LogP contribution in [-0.2, 0) is 6.42 Å². The summed E-state index contributed by atoms with van der Waals surface area (Å²) in [5.41, 5.74) is 6.22. The number of rotatable bonds is 3. The zero-order valence-corrected chi connectivity index (χ0v) is 13.8. The Kier molecular flexibility index (Phi) is 4.33. The Morgan fingerprint density at radius 3 is 2.86 bits per heavy atom. The summed E-state index contributed by atoms with van der Waals surface area (Å²) in [4.78, 5) is 0. The highest BCUT2D eigenvalue weighted by Crippen LogP contribution is 2.44. The van der Waals surface area contributed by atoms with Gasteiger partial charge in [-0.25, -0.2) is 4.39 Å². The third-order valence-electron chi connectivity index (χ3n) is 5.26. The lowest BCUT2D eigenvalue weighted by Gasteiger charge is -2.25. The minimum Gasteiger partial charge on any atom is -0.207 e. The number of fused-ring (bicyclic) bond motifs is 1. The summed E-state index contributed by atoms with van der Waals surface area (Å²) in [7, 11) is 0. The van der Waals surface area contributed by atoms with Crippen molar-refractivity contribution < 1.29 is 4.39 Å². The van der Waals surface area contributed by atoms with Crippen molar-refractivity contribution in [1.29, 1.82) is 0 Å². The molecule has 0 aromatic heterocycles. The van der Waals surface area contributed by atoms with Crippen molar-refractivity contribution in [2.75, 3.05) is 0 Å². The highest BCUT2D eigenvalue weighted by Gasteiger charge is 2.31. The second-order valence-electron chi connectivity index (χ2n) is 6.86. The fourth-order valence-corrected chi connectivity index (χ4v) is 3.85. The quantitative estimate of drug-likeness (QED) is 0.649. The van der Waals surface area contributed by atoms with Gasteiger partial charge in [-0.1, -0.05) is 42.9 Å². The lowest BCUT2D eigenvalue weighted by atomic mass is 9.80. The topological polar surface area (TPSA) is 0 Å².